The van der Waals surface area contributed by atoms with Crippen LogP contribution in [0.15, 0.2) is 52.9 Å². The minimum Gasteiger partial charge on any atom is -0.325 e. The van der Waals surface area contributed by atoms with Gasteiger partial charge in [0.25, 0.3) is 0 Å². The molecule has 0 aliphatic carbocycles. The van der Waals surface area contributed by atoms with E-state index in [1.807, 2.05) is 31.2 Å². The Morgan fingerprint density at radius 3 is 2.68 bits per heavy atom. The highest BCUT2D eigenvalue weighted by molar-refractivity contribution is 8.02. The Morgan fingerprint density at radius 2 is 1.95 bits per heavy atom. The van der Waals surface area contributed by atoms with Crippen LogP contribution in [-0.2, 0) is 4.79 Å². The fraction of sp³-hybridized carbons (Fsp3) is 0.125. The number of hydrogen-bond acceptors (Lipinski definition) is 4. The van der Waals surface area contributed by atoms with Crippen molar-refractivity contribution in [3.8, 4) is 0 Å². The number of fused-ring (bicyclic) bond motifs is 1. The lowest BCUT2D eigenvalue weighted by Crippen LogP contribution is -2.22. The summed E-state index contributed by atoms with van der Waals surface area (Å²) in [6, 6.07) is 15.1. The molecule has 3 nitrogen and oxygen atoms in total. The highest BCUT2D eigenvalue weighted by atomic mass is 35.5. The number of rotatable bonds is 4. The lowest BCUT2D eigenvalue weighted by atomic mass is 10.3. The van der Waals surface area contributed by atoms with Crippen LogP contribution in [0.25, 0.3) is 10.2 Å². The lowest BCUT2D eigenvalue weighted by Gasteiger charge is -2.10. The predicted molar refractivity (Wildman–Crippen MR) is 95.0 cm³/mol. The molecule has 0 bridgehead atoms. The molecule has 0 spiro atoms. The number of benzene rings is 2. The molecule has 0 unspecified atom stereocenters. The van der Waals surface area contributed by atoms with E-state index in [1.54, 1.807) is 35.6 Å². The molecule has 1 aromatic heterocycles. The second-order valence-electron chi connectivity index (χ2n) is 4.70. The number of amides is 1. The van der Waals surface area contributed by atoms with Gasteiger partial charge in [0, 0.05) is 10.7 Å². The zero-order valence-corrected chi connectivity index (χ0v) is 14.1. The van der Waals surface area contributed by atoms with Gasteiger partial charge in [0.05, 0.1) is 15.5 Å². The maximum atomic E-state index is 12.2. The summed E-state index contributed by atoms with van der Waals surface area (Å²) in [5.74, 6) is -0.0495. The number of anilines is 1. The Bertz CT molecular complexity index is 768. The average molecular weight is 349 g/mol. The number of halogens is 1. The Kier molecular flexibility index (Phi) is 4.66. The van der Waals surface area contributed by atoms with Gasteiger partial charge in [-0.15, -0.1) is 11.3 Å². The van der Waals surface area contributed by atoms with E-state index in [-0.39, 0.29) is 11.2 Å². The summed E-state index contributed by atoms with van der Waals surface area (Å²) in [6.07, 6.45) is 0. The van der Waals surface area contributed by atoms with Crippen molar-refractivity contribution in [3.63, 3.8) is 0 Å². The first-order valence-electron chi connectivity index (χ1n) is 6.70. The van der Waals surface area contributed by atoms with E-state index in [2.05, 4.69) is 10.3 Å². The Hall–Kier alpha value is -1.56. The van der Waals surface area contributed by atoms with Gasteiger partial charge in [-0.2, -0.15) is 0 Å². The topological polar surface area (TPSA) is 42.0 Å². The van der Waals surface area contributed by atoms with E-state index in [9.17, 15) is 4.79 Å². The molecular formula is C16H13ClN2OS2. The van der Waals surface area contributed by atoms with Gasteiger partial charge in [-0.25, -0.2) is 4.98 Å². The van der Waals surface area contributed by atoms with Crippen molar-refractivity contribution >= 4 is 56.5 Å². The van der Waals surface area contributed by atoms with Gasteiger partial charge in [-0.3, -0.25) is 4.79 Å². The van der Waals surface area contributed by atoms with Gasteiger partial charge in [-0.05, 0) is 43.3 Å². The van der Waals surface area contributed by atoms with E-state index in [0.717, 1.165) is 20.2 Å². The first kappa shape index (κ1) is 15.3. The van der Waals surface area contributed by atoms with Crippen LogP contribution in [0, 0.1) is 0 Å². The van der Waals surface area contributed by atoms with Crippen LogP contribution in [-0.4, -0.2) is 16.1 Å². The normalized spacial score (nSPS) is 12.3. The number of thioether (sulfide) groups is 1. The van der Waals surface area contributed by atoms with Crippen molar-refractivity contribution in [3.05, 3.63) is 53.6 Å². The Morgan fingerprint density at radius 1 is 1.23 bits per heavy atom. The van der Waals surface area contributed by atoms with Gasteiger partial charge in [0.2, 0.25) is 5.91 Å². The molecule has 1 heterocycles. The second-order valence-corrected chi connectivity index (χ2v) is 7.76. The number of aromatic nitrogens is 1. The summed E-state index contributed by atoms with van der Waals surface area (Å²) in [5.41, 5.74) is 1.71. The van der Waals surface area contributed by atoms with E-state index < -0.39 is 0 Å². The van der Waals surface area contributed by atoms with E-state index in [0.29, 0.717) is 5.02 Å². The Labute approximate surface area is 141 Å². The molecule has 2 aromatic carbocycles. The molecule has 0 radical (unpaired) electrons. The third kappa shape index (κ3) is 3.61. The van der Waals surface area contributed by atoms with Crippen molar-refractivity contribution in [1.82, 2.24) is 4.98 Å². The summed E-state index contributed by atoms with van der Waals surface area (Å²) in [6.45, 7) is 1.88. The highest BCUT2D eigenvalue weighted by Gasteiger charge is 2.17. The number of para-hydroxylation sites is 1. The number of carbonyl (C=O) groups excluding carboxylic acids is 1. The van der Waals surface area contributed by atoms with Gasteiger partial charge >= 0.3 is 0 Å². The zero-order valence-electron chi connectivity index (χ0n) is 11.7. The van der Waals surface area contributed by atoms with Crippen LogP contribution in [0.2, 0.25) is 5.02 Å². The van der Waals surface area contributed by atoms with Crippen LogP contribution in [0.1, 0.15) is 6.92 Å². The van der Waals surface area contributed by atoms with Crippen LogP contribution in [0.4, 0.5) is 5.69 Å². The monoisotopic (exact) mass is 348 g/mol. The van der Waals surface area contributed by atoms with Crippen LogP contribution in [0.5, 0.6) is 0 Å². The zero-order chi connectivity index (χ0) is 15.5. The standard InChI is InChI=1S/C16H13ClN2OS2/c1-10(15(20)18-12-8-6-11(17)7-9-12)21-16-19-13-4-2-3-5-14(13)22-16/h2-10H,1H3,(H,18,20)/t10-/m1/s1. The van der Waals surface area contributed by atoms with Crippen molar-refractivity contribution in [1.29, 1.82) is 0 Å². The molecule has 0 saturated carbocycles. The maximum absolute atomic E-state index is 12.2. The summed E-state index contributed by atoms with van der Waals surface area (Å²) in [4.78, 5) is 16.8. The summed E-state index contributed by atoms with van der Waals surface area (Å²) in [7, 11) is 0. The summed E-state index contributed by atoms with van der Waals surface area (Å²) < 4.78 is 2.04. The summed E-state index contributed by atoms with van der Waals surface area (Å²) >= 11 is 8.91. The average Bonchev–Trinajstić information content (AvgIpc) is 2.91. The molecule has 0 saturated heterocycles. The molecule has 112 valence electrons. The predicted octanol–water partition coefficient (Wildman–Crippen LogP) is 5.07. The third-order valence-corrected chi connectivity index (χ3v) is 5.52. The van der Waals surface area contributed by atoms with Crippen molar-refractivity contribution in [2.75, 3.05) is 5.32 Å². The first-order valence-corrected chi connectivity index (χ1v) is 8.78. The van der Waals surface area contributed by atoms with E-state index in [1.165, 1.54) is 11.8 Å². The number of nitrogens with one attached hydrogen (secondary N) is 1. The fourth-order valence-electron chi connectivity index (χ4n) is 1.88. The molecule has 3 aromatic rings. The molecule has 0 fully saturated rings. The van der Waals surface area contributed by atoms with Crippen LogP contribution in [0.3, 0.4) is 0 Å². The molecule has 0 aliphatic heterocycles. The minimum absolute atomic E-state index is 0.0495. The molecule has 0 aliphatic rings. The number of hydrogen-bond donors (Lipinski definition) is 1. The highest BCUT2D eigenvalue weighted by Crippen LogP contribution is 2.32. The molecule has 1 N–H and O–H groups in total. The van der Waals surface area contributed by atoms with Gasteiger partial charge in [0.15, 0.2) is 4.34 Å². The quantitative estimate of drug-likeness (QED) is 0.669. The Balaban J connectivity index is 1.66. The van der Waals surface area contributed by atoms with Crippen molar-refractivity contribution < 1.29 is 4.79 Å². The molecule has 3 rings (SSSR count). The largest absolute Gasteiger partial charge is 0.325 e. The lowest BCUT2D eigenvalue weighted by molar-refractivity contribution is -0.115. The first-order chi connectivity index (χ1) is 10.6. The molecule has 6 heteroatoms. The van der Waals surface area contributed by atoms with Crippen LogP contribution < -0.4 is 5.32 Å². The van der Waals surface area contributed by atoms with Gasteiger partial charge in [0.1, 0.15) is 0 Å². The maximum Gasteiger partial charge on any atom is 0.237 e. The van der Waals surface area contributed by atoms with Gasteiger partial charge in [-0.1, -0.05) is 35.5 Å². The molecule has 22 heavy (non-hydrogen) atoms. The number of nitrogens with zero attached hydrogens (tertiary/aromatic N) is 1. The molecular weight excluding hydrogens is 336 g/mol. The van der Waals surface area contributed by atoms with Crippen molar-refractivity contribution in [2.45, 2.75) is 16.5 Å². The number of thiazole rings is 1. The fourth-order valence-corrected chi connectivity index (χ4v) is 4.22. The molecule has 1 atom stereocenters. The third-order valence-electron chi connectivity index (χ3n) is 3.03. The second kappa shape index (κ2) is 6.69. The van der Waals surface area contributed by atoms with Crippen molar-refractivity contribution in [2.24, 2.45) is 0 Å². The smallest absolute Gasteiger partial charge is 0.237 e. The van der Waals surface area contributed by atoms with Gasteiger partial charge < -0.3 is 5.32 Å². The van der Waals surface area contributed by atoms with E-state index in [4.69, 9.17) is 11.6 Å². The minimum atomic E-state index is -0.226. The molecule has 1 amide bonds. The SMILES string of the molecule is C[C@@H](Sc1nc2ccccc2s1)C(=O)Nc1ccc(Cl)cc1. The van der Waals surface area contributed by atoms with E-state index >= 15 is 0 Å². The number of carbonyl (C=O) groups is 1. The summed E-state index contributed by atoms with van der Waals surface area (Å²) in [5, 5.41) is 3.30. The van der Waals surface area contributed by atoms with Crippen LogP contribution >= 0.6 is 34.7 Å².